The molecule has 0 aliphatic rings. The van der Waals surface area contributed by atoms with E-state index in [1.807, 2.05) is 20.8 Å². The van der Waals surface area contributed by atoms with Gasteiger partial charge >= 0.3 is 0 Å². The molecule has 1 aromatic rings. The van der Waals surface area contributed by atoms with Gasteiger partial charge in [-0.2, -0.15) is 0 Å². The second-order valence-corrected chi connectivity index (χ2v) is 2.14. The predicted octanol–water partition coefficient (Wildman–Crippen LogP) is 1.21. The number of aromatic nitrogens is 3. The van der Waals surface area contributed by atoms with Gasteiger partial charge in [-0.05, 0) is 20.8 Å². The van der Waals surface area contributed by atoms with Gasteiger partial charge in [0, 0.05) is 19.4 Å². The van der Waals surface area contributed by atoms with E-state index in [-0.39, 0.29) is 6.29 Å². The average Bonchev–Trinajstić information content (AvgIpc) is 2.61. The molecule has 0 unspecified atom stereocenters. The lowest BCUT2D eigenvalue weighted by Gasteiger charge is -2.09. The fourth-order valence-electron chi connectivity index (χ4n) is 0.684. The molecule has 0 aromatic carbocycles. The van der Waals surface area contributed by atoms with Gasteiger partial charge in [-0.15, -0.1) is 5.10 Å². The quantitative estimate of drug-likeness (QED) is 0.720. The lowest BCUT2D eigenvalue weighted by atomic mass is 10.7. The van der Waals surface area contributed by atoms with Crippen molar-refractivity contribution in [3.05, 3.63) is 12.4 Å². The van der Waals surface area contributed by atoms with Crippen LogP contribution in [0.1, 0.15) is 20.8 Å². The molecule has 5 heteroatoms. The van der Waals surface area contributed by atoms with E-state index < -0.39 is 0 Å². The molecule has 0 atom stereocenters. The monoisotopic (exact) mass is 187 g/mol. The van der Waals surface area contributed by atoms with Crippen molar-refractivity contribution in [1.82, 2.24) is 15.4 Å². The molecule has 0 radical (unpaired) electrons. The minimum Gasteiger partial charge on any atom is -0.353 e. The molecular formula is C8H17N3O2. The Kier molecular flexibility index (Phi) is 8.49. The van der Waals surface area contributed by atoms with E-state index in [2.05, 4.69) is 15.4 Å². The van der Waals surface area contributed by atoms with E-state index in [0.717, 1.165) is 13.2 Å². The molecule has 0 saturated carbocycles. The van der Waals surface area contributed by atoms with Gasteiger partial charge in [0.2, 0.25) is 0 Å². The highest BCUT2D eigenvalue weighted by atomic mass is 16.7. The lowest BCUT2D eigenvalue weighted by molar-refractivity contribution is -0.123. The molecule has 0 saturated heterocycles. The SMILES string of the molecule is CCOC(C)OCC.c1c[nH]nn1. The molecule has 1 rings (SSSR count). The van der Waals surface area contributed by atoms with E-state index in [4.69, 9.17) is 9.47 Å². The Labute approximate surface area is 78.4 Å². The van der Waals surface area contributed by atoms with Crippen LogP contribution < -0.4 is 0 Å². The minimum absolute atomic E-state index is 0.0370. The number of ether oxygens (including phenoxy) is 2. The van der Waals surface area contributed by atoms with Crippen LogP contribution in [-0.4, -0.2) is 34.9 Å². The number of nitrogens with one attached hydrogen (secondary N) is 1. The third-order valence-electron chi connectivity index (χ3n) is 1.13. The number of hydrogen-bond donors (Lipinski definition) is 1. The van der Waals surface area contributed by atoms with Crippen LogP contribution in [0.2, 0.25) is 0 Å². The fourth-order valence-corrected chi connectivity index (χ4v) is 0.684. The second-order valence-electron chi connectivity index (χ2n) is 2.14. The molecule has 0 fully saturated rings. The zero-order valence-electron chi connectivity index (χ0n) is 8.36. The summed E-state index contributed by atoms with van der Waals surface area (Å²) in [4.78, 5) is 0. The van der Waals surface area contributed by atoms with Crippen molar-refractivity contribution in [3.63, 3.8) is 0 Å². The molecular weight excluding hydrogens is 170 g/mol. The van der Waals surface area contributed by atoms with Gasteiger partial charge in [-0.25, -0.2) is 0 Å². The van der Waals surface area contributed by atoms with Crippen LogP contribution in [0, 0.1) is 0 Å². The van der Waals surface area contributed by atoms with Crippen LogP contribution in [0.4, 0.5) is 0 Å². The van der Waals surface area contributed by atoms with Gasteiger partial charge in [0.05, 0.1) is 6.20 Å². The Hall–Kier alpha value is -0.940. The van der Waals surface area contributed by atoms with E-state index in [1.54, 1.807) is 12.4 Å². The van der Waals surface area contributed by atoms with Crippen molar-refractivity contribution in [2.45, 2.75) is 27.1 Å². The summed E-state index contributed by atoms with van der Waals surface area (Å²) in [5, 5.41) is 9.26. The Balaban J connectivity index is 0.000000243. The maximum absolute atomic E-state index is 5.06. The summed E-state index contributed by atoms with van der Waals surface area (Å²) in [6.45, 7) is 7.25. The van der Waals surface area contributed by atoms with E-state index in [9.17, 15) is 0 Å². The molecule has 0 aliphatic carbocycles. The largest absolute Gasteiger partial charge is 0.353 e. The molecule has 0 aliphatic heterocycles. The van der Waals surface area contributed by atoms with Gasteiger partial charge < -0.3 is 9.47 Å². The summed E-state index contributed by atoms with van der Waals surface area (Å²) in [5.74, 6) is 0. The summed E-state index contributed by atoms with van der Waals surface area (Å²) >= 11 is 0. The van der Waals surface area contributed by atoms with Gasteiger partial charge in [0.15, 0.2) is 6.29 Å². The zero-order valence-corrected chi connectivity index (χ0v) is 8.36. The van der Waals surface area contributed by atoms with Crippen molar-refractivity contribution in [1.29, 1.82) is 0 Å². The average molecular weight is 187 g/mol. The Morgan fingerprint density at radius 1 is 1.31 bits per heavy atom. The highest BCUT2D eigenvalue weighted by Gasteiger charge is 1.94. The topological polar surface area (TPSA) is 60.0 Å². The summed E-state index contributed by atoms with van der Waals surface area (Å²) in [7, 11) is 0. The molecule has 1 heterocycles. The number of rotatable bonds is 4. The number of H-pyrrole nitrogens is 1. The smallest absolute Gasteiger partial charge is 0.154 e. The summed E-state index contributed by atoms with van der Waals surface area (Å²) in [6, 6.07) is 0. The molecule has 0 amide bonds. The maximum Gasteiger partial charge on any atom is 0.154 e. The van der Waals surface area contributed by atoms with E-state index >= 15 is 0 Å². The normalized spacial score (nSPS) is 9.54. The van der Waals surface area contributed by atoms with Gasteiger partial charge in [-0.1, -0.05) is 5.21 Å². The predicted molar refractivity (Wildman–Crippen MR) is 49.1 cm³/mol. The van der Waals surface area contributed by atoms with Crippen LogP contribution in [0.25, 0.3) is 0 Å². The maximum atomic E-state index is 5.06. The second kappa shape index (κ2) is 9.15. The van der Waals surface area contributed by atoms with Crippen LogP contribution in [0.5, 0.6) is 0 Å². The number of hydrogen-bond acceptors (Lipinski definition) is 4. The first-order chi connectivity index (χ1) is 6.31. The van der Waals surface area contributed by atoms with Crippen molar-refractivity contribution in [2.75, 3.05) is 13.2 Å². The number of nitrogens with zero attached hydrogens (tertiary/aromatic N) is 2. The highest BCUT2D eigenvalue weighted by molar-refractivity contribution is 4.54. The van der Waals surface area contributed by atoms with Gasteiger partial charge in [0.25, 0.3) is 0 Å². The highest BCUT2D eigenvalue weighted by Crippen LogP contribution is 1.90. The Morgan fingerprint density at radius 3 is 2.15 bits per heavy atom. The number of aromatic amines is 1. The van der Waals surface area contributed by atoms with Crippen molar-refractivity contribution < 1.29 is 9.47 Å². The van der Waals surface area contributed by atoms with Crippen LogP contribution in [0.3, 0.4) is 0 Å². The molecule has 13 heavy (non-hydrogen) atoms. The Morgan fingerprint density at radius 2 is 1.92 bits per heavy atom. The summed E-state index contributed by atoms with van der Waals surface area (Å²) in [5.41, 5.74) is 0. The molecule has 1 N–H and O–H groups in total. The van der Waals surface area contributed by atoms with Crippen molar-refractivity contribution in [3.8, 4) is 0 Å². The van der Waals surface area contributed by atoms with Gasteiger partial charge in [-0.3, -0.25) is 5.10 Å². The van der Waals surface area contributed by atoms with E-state index in [0.29, 0.717) is 0 Å². The van der Waals surface area contributed by atoms with Crippen LogP contribution in [-0.2, 0) is 9.47 Å². The molecule has 0 spiro atoms. The first-order valence-electron chi connectivity index (χ1n) is 4.34. The Bertz CT molecular complexity index is 145. The molecule has 5 nitrogen and oxygen atoms in total. The molecule has 76 valence electrons. The zero-order chi connectivity index (χ0) is 9.94. The fraction of sp³-hybridized carbons (Fsp3) is 0.750. The third-order valence-corrected chi connectivity index (χ3v) is 1.13. The third kappa shape index (κ3) is 8.97. The van der Waals surface area contributed by atoms with Crippen molar-refractivity contribution >= 4 is 0 Å². The van der Waals surface area contributed by atoms with Gasteiger partial charge in [0.1, 0.15) is 0 Å². The first kappa shape index (κ1) is 12.1. The van der Waals surface area contributed by atoms with Crippen LogP contribution in [0.15, 0.2) is 12.4 Å². The lowest BCUT2D eigenvalue weighted by Crippen LogP contribution is -2.11. The molecule has 0 bridgehead atoms. The van der Waals surface area contributed by atoms with Crippen molar-refractivity contribution in [2.24, 2.45) is 0 Å². The summed E-state index contributed by atoms with van der Waals surface area (Å²) < 4.78 is 10.1. The molecule has 1 aromatic heterocycles. The first-order valence-corrected chi connectivity index (χ1v) is 4.34. The van der Waals surface area contributed by atoms with Crippen LogP contribution >= 0.6 is 0 Å². The summed E-state index contributed by atoms with van der Waals surface area (Å²) in [6.07, 6.45) is 3.20. The standard InChI is InChI=1S/C6H14O2.C2H3N3/c1-4-7-6(3)8-5-2;1-2-4-5-3-1/h6H,4-5H2,1-3H3;1-2H,(H,3,4,5). The minimum atomic E-state index is -0.0370. The van der Waals surface area contributed by atoms with E-state index in [1.165, 1.54) is 0 Å².